The van der Waals surface area contributed by atoms with Crippen molar-refractivity contribution in [1.29, 1.82) is 0 Å². The number of imide groups is 2. The molecule has 1 saturated carbocycles. The van der Waals surface area contributed by atoms with E-state index in [1.807, 2.05) is 54.1 Å². The predicted molar refractivity (Wildman–Crippen MR) is 106 cm³/mol. The molecule has 0 unspecified atom stereocenters. The minimum atomic E-state index is -0.640. The molecule has 2 heterocycles. The Balaban J connectivity index is 1.69. The average molecular weight is 377 g/mol. The Labute approximate surface area is 163 Å². The van der Waals surface area contributed by atoms with E-state index in [-0.39, 0.29) is 11.6 Å². The highest BCUT2D eigenvalue weighted by atomic mass is 16.2. The summed E-state index contributed by atoms with van der Waals surface area (Å²) in [6, 6.07) is 10.9. The van der Waals surface area contributed by atoms with E-state index in [1.54, 1.807) is 6.08 Å². The van der Waals surface area contributed by atoms with Crippen LogP contribution in [0.5, 0.6) is 0 Å². The minimum Gasteiger partial charge on any atom is -0.317 e. The second-order valence-electron chi connectivity index (χ2n) is 7.43. The molecule has 2 aromatic rings. The number of amides is 4. The van der Waals surface area contributed by atoms with Crippen molar-refractivity contribution >= 4 is 23.9 Å². The topological polar surface area (TPSA) is 71.4 Å². The summed E-state index contributed by atoms with van der Waals surface area (Å²) in [7, 11) is 0. The van der Waals surface area contributed by atoms with Crippen LogP contribution in [-0.4, -0.2) is 33.4 Å². The van der Waals surface area contributed by atoms with Gasteiger partial charge < -0.3 is 4.57 Å². The van der Waals surface area contributed by atoms with Crippen molar-refractivity contribution in [2.45, 2.75) is 45.1 Å². The van der Waals surface area contributed by atoms with E-state index < -0.39 is 17.8 Å². The lowest BCUT2D eigenvalue weighted by atomic mass is 9.93. The molecule has 6 nitrogen and oxygen atoms in total. The number of benzene rings is 1. The standard InChI is InChI=1S/C22H23N3O3/c1-15-7-5-10-17(13-15)24-12-6-11-18(24)14-19-20(26)23-22(28)25(21(19)27)16-8-3-2-4-9-16/h5-7,10-14,16H,2-4,8-9H2,1H3,(H,23,26,28)/b19-14-. The number of hydrogen-bond donors (Lipinski definition) is 1. The van der Waals surface area contributed by atoms with Gasteiger partial charge in [-0.25, -0.2) is 4.79 Å². The van der Waals surface area contributed by atoms with E-state index in [0.717, 1.165) is 43.4 Å². The summed E-state index contributed by atoms with van der Waals surface area (Å²) in [6.07, 6.45) is 8.14. The molecule has 0 spiro atoms. The lowest BCUT2D eigenvalue weighted by Crippen LogP contribution is -2.58. The van der Waals surface area contributed by atoms with Gasteiger partial charge in [0.2, 0.25) is 0 Å². The number of aryl methyl sites for hydroxylation is 1. The first-order chi connectivity index (χ1) is 13.5. The van der Waals surface area contributed by atoms with Gasteiger partial charge in [-0.3, -0.25) is 19.8 Å². The summed E-state index contributed by atoms with van der Waals surface area (Å²) in [6.45, 7) is 2.01. The number of nitrogens with zero attached hydrogens (tertiary/aromatic N) is 2. The number of rotatable bonds is 3. The third kappa shape index (κ3) is 3.38. The van der Waals surface area contributed by atoms with E-state index >= 15 is 0 Å². The van der Waals surface area contributed by atoms with Crippen molar-refractivity contribution in [2.24, 2.45) is 0 Å². The van der Waals surface area contributed by atoms with E-state index in [0.29, 0.717) is 5.69 Å². The first-order valence-corrected chi connectivity index (χ1v) is 9.69. The third-order valence-corrected chi connectivity index (χ3v) is 5.43. The van der Waals surface area contributed by atoms with Crippen LogP contribution in [0.15, 0.2) is 48.2 Å². The van der Waals surface area contributed by atoms with Crippen LogP contribution in [0.3, 0.4) is 0 Å². The SMILES string of the molecule is Cc1cccc(-n2cccc2/C=C2/C(=O)NC(=O)N(C3CCCCC3)C2=O)c1. The number of hydrogen-bond acceptors (Lipinski definition) is 3. The molecule has 6 heteroatoms. The molecule has 1 N–H and O–H groups in total. The molecule has 28 heavy (non-hydrogen) atoms. The largest absolute Gasteiger partial charge is 0.331 e. The highest BCUT2D eigenvalue weighted by molar-refractivity contribution is 6.31. The van der Waals surface area contributed by atoms with Gasteiger partial charge in [0, 0.05) is 23.6 Å². The highest BCUT2D eigenvalue weighted by Gasteiger charge is 2.40. The Morgan fingerprint density at radius 1 is 1.04 bits per heavy atom. The Hall–Kier alpha value is -3.15. The van der Waals surface area contributed by atoms with Crippen molar-refractivity contribution in [3.8, 4) is 5.69 Å². The summed E-state index contributed by atoms with van der Waals surface area (Å²) < 4.78 is 1.92. The molecular formula is C22H23N3O3. The van der Waals surface area contributed by atoms with Gasteiger partial charge in [-0.1, -0.05) is 31.4 Å². The fraction of sp³-hybridized carbons (Fsp3) is 0.318. The van der Waals surface area contributed by atoms with Crippen molar-refractivity contribution in [3.05, 3.63) is 59.4 Å². The fourth-order valence-electron chi connectivity index (χ4n) is 4.01. The maximum Gasteiger partial charge on any atom is 0.331 e. The summed E-state index contributed by atoms with van der Waals surface area (Å²) in [5, 5.41) is 2.34. The molecule has 4 amide bonds. The van der Waals surface area contributed by atoms with Crippen LogP contribution >= 0.6 is 0 Å². The molecule has 4 rings (SSSR count). The van der Waals surface area contributed by atoms with Crippen LogP contribution in [0.4, 0.5) is 4.79 Å². The molecule has 1 aromatic carbocycles. The molecule has 2 aliphatic rings. The molecule has 2 fully saturated rings. The molecule has 1 saturated heterocycles. The number of carbonyl (C=O) groups excluding carboxylic acids is 3. The lowest BCUT2D eigenvalue weighted by Gasteiger charge is -2.35. The van der Waals surface area contributed by atoms with Gasteiger partial charge in [-0.15, -0.1) is 0 Å². The van der Waals surface area contributed by atoms with Gasteiger partial charge >= 0.3 is 6.03 Å². The quantitative estimate of drug-likeness (QED) is 0.656. The molecule has 1 aliphatic heterocycles. The third-order valence-electron chi connectivity index (χ3n) is 5.43. The second kappa shape index (κ2) is 7.46. The van der Waals surface area contributed by atoms with Crippen molar-refractivity contribution in [1.82, 2.24) is 14.8 Å². The van der Waals surface area contributed by atoms with Crippen LogP contribution in [0.25, 0.3) is 11.8 Å². The summed E-state index contributed by atoms with van der Waals surface area (Å²) >= 11 is 0. The Morgan fingerprint density at radius 3 is 2.57 bits per heavy atom. The van der Waals surface area contributed by atoms with E-state index in [4.69, 9.17) is 0 Å². The average Bonchev–Trinajstić information content (AvgIpc) is 3.14. The molecule has 0 bridgehead atoms. The van der Waals surface area contributed by atoms with Crippen molar-refractivity contribution in [3.63, 3.8) is 0 Å². The summed E-state index contributed by atoms with van der Waals surface area (Å²) in [5.41, 5.74) is 2.77. The second-order valence-corrected chi connectivity index (χ2v) is 7.43. The number of urea groups is 1. The molecule has 144 valence electrons. The van der Waals surface area contributed by atoms with E-state index in [2.05, 4.69) is 5.32 Å². The smallest absolute Gasteiger partial charge is 0.317 e. The normalized spacial score (nSPS) is 20.0. The molecular weight excluding hydrogens is 354 g/mol. The van der Waals surface area contributed by atoms with E-state index in [1.165, 1.54) is 4.90 Å². The van der Waals surface area contributed by atoms with Gasteiger partial charge in [0.05, 0.1) is 0 Å². The van der Waals surface area contributed by atoms with Crippen LogP contribution in [0.2, 0.25) is 0 Å². The Morgan fingerprint density at radius 2 is 1.82 bits per heavy atom. The molecule has 0 radical (unpaired) electrons. The van der Waals surface area contributed by atoms with Crippen LogP contribution < -0.4 is 5.32 Å². The number of nitrogens with one attached hydrogen (secondary N) is 1. The monoisotopic (exact) mass is 377 g/mol. The zero-order chi connectivity index (χ0) is 19.7. The maximum absolute atomic E-state index is 13.0. The first-order valence-electron chi connectivity index (χ1n) is 9.69. The van der Waals surface area contributed by atoms with Gasteiger partial charge in [0.1, 0.15) is 5.57 Å². The fourth-order valence-corrected chi connectivity index (χ4v) is 4.01. The first kappa shape index (κ1) is 18.2. The van der Waals surface area contributed by atoms with Crippen LogP contribution in [0.1, 0.15) is 43.4 Å². The number of barbiturate groups is 1. The Kier molecular flexibility index (Phi) is 4.86. The minimum absolute atomic E-state index is 0.00206. The Bertz CT molecular complexity index is 967. The van der Waals surface area contributed by atoms with Crippen molar-refractivity contribution in [2.75, 3.05) is 0 Å². The predicted octanol–water partition coefficient (Wildman–Crippen LogP) is 3.58. The van der Waals surface area contributed by atoms with Crippen LogP contribution in [0, 0.1) is 6.92 Å². The zero-order valence-corrected chi connectivity index (χ0v) is 15.9. The summed E-state index contributed by atoms with van der Waals surface area (Å²) in [5.74, 6) is -1.14. The molecule has 0 atom stereocenters. The molecule has 1 aliphatic carbocycles. The number of aromatic nitrogens is 1. The number of carbonyl (C=O) groups is 3. The van der Waals surface area contributed by atoms with Crippen LogP contribution in [-0.2, 0) is 9.59 Å². The van der Waals surface area contributed by atoms with Gasteiger partial charge in [0.15, 0.2) is 0 Å². The maximum atomic E-state index is 13.0. The summed E-state index contributed by atoms with van der Waals surface area (Å²) in [4.78, 5) is 39.0. The zero-order valence-electron chi connectivity index (χ0n) is 15.9. The van der Waals surface area contributed by atoms with Gasteiger partial charge in [0.25, 0.3) is 11.8 Å². The molecule has 1 aromatic heterocycles. The van der Waals surface area contributed by atoms with E-state index in [9.17, 15) is 14.4 Å². The lowest BCUT2D eigenvalue weighted by molar-refractivity contribution is -0.132. The van der Waals surface area contributed by atoms with Gasteiger partial charge in [-0.2, -0.15) is 0 Å². The highest BCUT2D eigenvalue weighted by Crippen LogP contribution is 2.26. The van der Waals surface area contributed by atoms with Crippen molar-refractivity contribution < 1.29 is 14.4 Å². The van der Waals surface area contributed by atoms with Gasteiger partial charge in [-0.05, 0) is 55.7 Å².